The summed E-state index contributed by atoms with van der Waals surface area (Å²) in [5, 5.41) is 0. The fraction of sp³-hybridized carbons (Fsp3) is 0.556. The molecule has 1 aromatic carbocycles. The van der Waals surface area contributed by atoms with Gasteiger partial charge in [-0.3, -0.25) is 0 Å². The van der Waals surface area contributed by atoms with Crippen molar-refractivity contribution in [3.63, 3.8) is 0 Å². The molecule has 1 unspecified atom stereocenters. The molecule has 1 fully saturated rings. The zero-order valence-electron chi connectivity index (χ0n) is 12.2. The molecule has 19 heavy (non-hydrogen) atoms. The van der Waals surface area contributed by atoms with E-state index in [1.165, 1.54) is 43.2 Å². The maximum absolute atomic E-state index is 6.42. The molecule has 3 rings (SSSR count). The van der Waals surface area contributed by atoms with Crippen molar-refractivity contribution in [3.8, 4) is 0 Å². The van der Waals surface area contributed by atoms with Gasteiger partial charge in [-0.1, -0.05) is 49.3 Å². The minimum atomic E-state index is -0.126. The molecule has 0 amide bonds. The number of benzene rings is 1. The Labute approximate surface area is 116 Å². The first-order chi connectivity index (χ1) is 9.07. The predicted molar refractivity (Wildman–Crippen MR) is 79.2 cm³/mol. The molecule has 0 N–H and O–H groups in total. The van der Waals surface area contributed by atoms with Gasteiger partial charge in [0.05, 0.1) is 12.2 Å². The lowest BCUT2D eigenvalue weighted by atomic mass is 9.72. The zero-order chi connectivity index (χ0) is 13.5. The Bertz CT molecular complexity index is 496. The van der Waals surface area contributed by atoms with Gasteiger partial charge in [0.15, 0.2) is 0 Å². The summed E-state index contributed by atoms with van der Waals surface area (Å²) in [5.74, 6) is 0. The Balaban J connectivity index is 2.02. The van der Waals surface area contributed by atoms with Crippen LogP contribution in [0.15, 0.2) is 36.4 Å². The van der Waals surface area contributed by atoms with Crippen molar-refractivity contribution in [1.82, 2.24) is 0 Å². The predicted octanol–water partition coefficient (Wildman–Crippen LogP) is 4.61. The molecule has 1 spiro atoms. The molecule has 0 aromatic heterocycles. The molecule has 2 aliphatic rings. The summed E-state index contributed by atoms with van der Waals surface area (Å²) in [6.45, 7) is 9.03. The normalized spacial score (nSPS) is 27.7. The summed E-state index contributed by atoms with van der Waals surface area (Å²) >= 11 is 0. The van der Waals surface area contributed by atoms with Crippen molar-refractivity contribution >= 4 is 0 Å². The van der Waals surface area contributed by atoms with Gasteiger partial charge in [-0.25, -0.2) is 0 Å². The number of rotatable bonds is 3. The van der Waals surface area contributed by atoms with Crippen LogP contribution in [-0.2, 0) is 16.8 Å². The quantitative estimate of drug-likeness (QED) is 0.717. The summed E-state index contributed by atoms with van der Waals surface area (Å²) < 4.78 is 6.42. The first kappa shape index (κ1) is 12.9. The lowest BCUT2D eigenvalue weighted by Crippen LogP contribution is -2.41. The van der Waals surface area contributed by atoms with Gasteiger partial charge in [0.1, 0.15) is 0 Å². The highest BCUT2D eigenvalue weighted by atomic mass is 16.5. The Kier molecular flexibility index (Phi) is 3.05. The topological polar surface area (TPSA) is 9.23 Å². The number of hydrogen-bond acceptors (Lipinski definition) is 1. The molecule has 0 heterocycles. The molecular formula is C18H24O. The second-order valence-electron chi connectivity index (χ2n) is 6.60. The molecule has 0 bridgehead atoms. The fourth-order valence-electron chi connectivity index (χ4n) is 4.16. The highest BCUT2D eigenvalue weighted by molar-refractivity contribution is 5.41. The molecule has 0 saturated heterocycles. The van der Waals surface area contributed by atoms with Gasteiger partial charge in [0.25, 0.3) is 0 Å². The van der Waals surface area contributed by atoms with E-state index >= 15 is 0 Å². The Morgan fingerprint density at radius 3 is 2.63 bits per heavy atom. The van der Waals surface area contributed by atoms with Crippen LogP contribution in [0, 0.1) is 5.41 Å². The van der Waals surface area contributed by atoms with Crippen molar-refractivity contribution < 1.29 is 4.74 Å². The molecule has 1 atom stereocenters. The van der Waals surface area contributed by atoms with Gasteiger partial charge in [-0.2, -0.15) is 0 Å². The van der Waals surface area contributed by atoms with E-state index in [0.29, 0.717) is 12.0 Å². The van der Waals surface area contributed by atoms with Gasteiger partial charge >= 0.3 is 0 Å². The van der Waals surface area contributed by atoms with Gasteiger partial charge in [-0.15, -0.1) is 0 Å². The smallest absolute Gasteiger partial charge is 0.0969 e. The zero-order valence-corrected chi connectivity index (χ0v) is 12.2. The number of fused-ring (bicyclic) bond motifs is 1. The highest BCUT2D eigenvalue weighted by Gasteiger charge is 2.56. The summed E-state index contributed by atoms with van der Waals surface area (Å²) in [5.41, 5.74) is 4.22. The minimum Gasteiger partial charge on any atom is -0.366 e. The summed E-state index contributed by atoms with van der Waals surface area (Å²) in [4.78, 5) is 0. The Morgan fingerprint density at radius 1 is 1.26 bits per heavy atom. The van der Waals surface area contributed by atoms with Crippen LogP contribution in [0.5, 0.6) is 0 Å². The van der Waals surface area contributed by atoms with Crippen LogP contribution in [0.4, 0.5) is 0 Å². The molecule has 1 saturated carbocycles. The van der Waals surface area contributed by atoms with E-state index in [1.807, 2.05) is 6.92 Å². The van der Waals surface area contributed by atoms with Crippen molar-refractivity contribution in [2.24, 2.45) is 5.41 Å². The molecule has 2 aliphatic carbocycles. The molecule has 102 valence electrons. The first-order valence-electron chi connectivity index (χ1n) is 7.44. The second kappa shape index (κ2) is 4.49. The molecule has 1 heteroatoms. The average molecular weight is 256 g/mol. The molecule has 0 aliphatic heterocycles. The van der Waals surface area contributed by atoms with E-state index < -0.39 is 0 Å². The van der Waals surface area contributed by atoms with E-state index in [-0.39, 0.29) is 5.60 Å². The largest absolute Gasteiger partial charge is 0.366 e. The van der Waals surface area contributed by atoms with Crippen molar-refractivity contribution in [2.75, 3.05) is 6.61 Å². The van der Waals surface area contributed by atoms with Crippen LogP contribution in [0.1, 0.15) is 50.7 Å². The van der Waals surface area contributed by atoms with Crippen molar-refractivity contribution in [2.45, 2.75) is 51.6 Å². The lowest BCUT2D eigenvalue weighted by molar-refractivity contribution is -0.110. The van der Waals surface area contributed by atoms with Gasteiger partial charge < -0.3 is 4.74 Å². The first-order valence-corrected chi connectivity index (χ1v) is 7.44. The molecular weight excluding hydrogens is 232 g/mol. The maximum atomic E-state index is 6.42. The van der Waals surface area contributed by atoms with E-state index in [0.717, 1.165) is 5.57 Å². The highest BCUT2D eigenvalue weighted by Crippen LogP contribution is 2.60. The minimum absolute atomic E-state index is 0.126. The third-order valence-electron chi connectivity index (χ3n) is 5.24. The molecule has 1 aromatic rings. The lowest BCUT2D eigenvalue weighted by Gasteiger charge is -2.42. The van der Waals surface area contributed by atoms with Crippen LogP contribution in [0.2, 0.25) is 0 Å². The third kappa shape index (κ3) is 1.87. The number of hydrogen-bond donors (Lipinski definition) is 0. The maximum Gasteiger partial charge on any atom is 0.0969 e. The van der Waals surface area contributed by atoms with E-state index in [2.05, 4.69) is 37.8 Å². The van der Waals surface area contributed by atoms with Crippen LogP contribution >= 0.6 is 0 Å². The SMILES string of the molecule is C=C(C)COC1(C)c2ccccc2CC12CCCC2. The molecule has 0 radical (unpaired) electrons. The Hall–Kier alpha value is -1.08. The van der Waals surface area contributed by atoms with Crippen molar-refractivity contribution in [1.29, 1.82) is 0 Å². The summed E-state index contributed by atoms with van der Waals surface area (Å²) in [7, 11) is 0. The summed E-state index contributed by atoms with van der Waals surface area (Å²) in [6, 6.07) is 8.85. The fourth-order valence-corrected chi connectivity index (χ4v) is 4.16. The standard InChI is InChI=1S/C18H24O/c1-14(2)13-19-17(3)16-9-5-4-8-15(16)12-18(17)10-6-7-11-18/h4-5,8-9H,1,6-7,10-13H2,2-3H3. The van der Waals surface area contributed by atoms with Crippen LogP contribution in [-0.4, -0.2) is 6.61 Å². The van der Waals surface area contributed by atoms with Gasteiger partial charge in [-0.05, 0) is 44.2 Å². The second-order valence-corrected chi connectivity index (χ2v) is 6.60. The van der Waals surface area contributed by atoms with Gasteiger partial charge in [0.2, 0.25) is 0 Å². The van der Waals surface area contributed by atoms with Gasteiger partial charge in [0, 0.05) is 5.41 Å². The van der Waals surface area contributed by atoms with Crippen LogP contribution < -0.4 is 0 Å². The average Bonchev–Trinajstić information content (AvgIpc) is 2.95. The molecule has 1 nitrogen and oxygen atoms in total. The van der Waals surface area contributed by atoms with E-state index in [9.17, 15) is 0 Å². The van der Waals surface area contributed by atoms with Crippen LogP contribution in [0.3, 0.4) is 0 Å². The van der Waals surface area contributed by atoms with Crippen LogP contribution in [0.25, 0.3) is 0 Å². The summed E-state index contributed by atoms with van der Waals surface area (Å²) in [6.07, 6.45) is 6.48. The van der Waals surface area contributed by atoms with E-state index in [1.54, 1.807) is 0 Å². The number of ether oxygens (including phenoxy) is 1. The third-order valence-corrected chi connectivity index (χ3v) is 5.24. The monoisotopic (exact) mass is 256 g/mol. The van der Waals surface area contributed by atoms with E-state index in [4.69, 9.17) is 4.74 Å². The Morgan fingerprint density at radius 2 is 1.95 bits per heavy atom. The van der Waals surface area contributed by atoms with Crippen molar-refractivity contribution in [3.05, 3.63) is 47.5 Å².